The Morgan fingerprint density at radius 3 is 2.59 bits per heavy atom. The number of nitrogens with zero attached hydrogens (tertiary/aromatic N) is 2. The van der Waals surface area contributed by atoms with Crippen LogP contribution < -0.4 is 0 Å². The minimum atomic E-state index is -3.50. The van der Waals surface area contributed by atoms with Gasteiger partial charge in [-0.1, -0.05) is 12.1 Å². The van der Waals surface area contributed by atoms with Gasteiger partial charge >= 0.3 is 0 Å². The van der Waals surface area contributed by atoms with Crippen molar-refractivity contribution in [3.05, 3.63) is 58.9 Å². The molecule has 2 fully saturated rings. The fourth-order valence-corrected chi connectivity index (χ4v) is 6.00. The highest BCUT2D eigenvalue weighted by atomic mass is 32.2. The first kappa shape index (κ1) is 20.5. The molecule has 0 amide bonds. The van der Waals surface area contributed by atoms with Crippen molar-refractivity contribution < 1.29 is 17.9 Å². The van der Waals surface area contributed by atoms with E-state index in [1.54, 1.807) is 12.1 Å². The maximum absolute atomic E-state index is 13.0. The van der Waals surface area contributed by atoms with Gasteiger partial charge in [-0.05, 0) is 62.6 Å². The molecule has 0 saturated carbocycles. The maximum atomic E-state index is 13.0. The van der Waals surface area contributed by atoms with Crippen LogP contribution >= 0.6 is 0 Å². The molecule has 1 aromatic carbocycles. The normalized spacial score (nSPS) is 21.8. The molecule has 4 rings (SSSR count). The van der Waals surface area contributed by atoms with Crippen molar-refractivity contribution in [2.75, 3.05) is 19.7 Å². The van der Waals surface area contributed by atoms with E-state index in [2.05, 4.69) is 4.98 Å². The fraction of sp³-hybridized carbons (Fsp3) is 0.500. The van der Waals surface area contributed by atoms with E-state index in [4.69, 9.17) is 9.47 Å². The second-order valence-electron chi connectivity index (χ2n) is 8.32. The smallest absolute Gasteiger partial charge is 0.243 e. The number of rotatable bonds is 5. The van der Waals surface area contributed by atoms with Crippen molar-refractivity contribution in [3.8, 4) is 0 Å². The van der Waals surface area contributed by atoms with Gasteiger partial charge in [0, 0.05) is 31.8 Å². The van der Waals surface area contributed by atoms with Gasteiger partial charge in [0.1, 0.15) is 0 Å². The van der Waals surface area contributed by atoms with E-state index in [-0.39, 0.29) is 6.10 Å². The Bertz CT molecular complexity index is 979. The Kier molecular flexibility index (Phi) is 5.50. The zero-order valence-electron chi connectivity index (χ0n) is 17.2. The topological polar surface area (TPSA) is 68.7 Å². The average Bonchev–Trinajstić information content (AvgIpc) is 2.64. The van der Waals surface area contributed by atoms with E-state index in [0.717, 1.165) is 28.9 Å². The SMILES string of the molecule is Cc1cc(C)cc(S(=O)(=O)N2CC3(C[C@@H](OCc4cccc(C)n4)CCO3)C2)c1. The summed E-state index contributed by atoms with van der Waals surface area (Å²) in [6.45, 7) is 7.61. The molecule has 0 aliphatic carbocycles. The van der Waals surface area contributed by atoms with Gasteiger partial charge in [-0.25, -0.2) is 8.42 Å². The van der Waals surface area contributed by atoms with Crippen LogP contribution in [0.5, 0.6) is 0 Å². The summed E-state index contributed by atoms with van der Waals surface area (Å²) in [6.07, 6.45) is 1.58. The number of benzene rings is 1. The van der Waals surface area contributed by atoms with E-state index in [0.29, 0.717) is 37.6 Å². The van der Waals surface area contributed by atoms with Gasteiger partial charge in [-0.15, -0.1) is 0 Å². The molecule has 3 heterocycles. The highest BCUT2D eigenvalue weighted by Gasteiger charge is 2.52. The number of aromatic nitrogens is 1. The Hall–Kier alpha value is -1.80. The number of pyridine rings is 1. The lowest BCUT2D eigenvalue weighted by molar-refractivity contribution is -0.180. The summed E-state index contributed by atoms with van der Waals surface area (Å²) < 4.78 is 39.6. The van der Waals surface area contributed by atoms with Crippen molar-refractivity contribution in [2.45, 2.75) is 56.8 Å². The predicted molar refractivity (Wildman–Crippen MR) is 110 cm³/mol. The molecule has 6 nitrogen and oxygen atoms in total. The van der Waals surface area contributed by atoms with Crippen molar-refractivity contribution in [2.24, 2.45) is 0 Å². The fourth-order valence-electron chi connectivity index (χ4n) is 4.23. The Morgan fingerprint density at radius 1 is 1.17 bits per heavy atom. The molecule has 29 heavy (non-hydrogen) atoms. The maximum Gasteiger partial charge on any atom is 0.243 e. The lowest BCUT2D eigenvalue weighted by atomic mass is 9.86. The standard InChI is InChI=1S/C22H28N2O4S/c1-16-9-17(2)11-21(10-16)29(25,26)24-14-22(15-24)12-20(7-8-28-22)27-13-19-6-4-5-18(3)23-19/h4-6,9-11,20H,7-8,12-15H2,1-3H3/t20-/m0/s1. The van der Waals surface area contributed by atoms with Gasteiger partial charge in [0.25, 0.3) is 0 Å². The summed E-state index contributed by atoms with van der Waals surface area (Å²) in [6, 6.07) is 11.3. The van der Waals surface area contributed by atoms with Crippen molar-refractivity contribution in [1.82, 2.24) is 9.29 Å². The zero-order valence-corrected chi connectivity index (χ0v) is 18.0. The number of hydrogen-bond acceptors (Lipinski definition) is 5. The van der Waals surface area contributed by atoms with Crippen molar-refractivity contribution in [1.29, 1.82) is 0 Å². The van der Waals surface area contributed by atoms with Crippen molar-refractivity contribution >= 4 is 10.0 Å². The van der Waals surface area contributed by atoms with Gasteiger partial charge in [0.2, 0.25) is 10.0 Å². The first-order valence-electron chi connectivity index (χ1n) is 10.0. The van der Waals surface area contributed by atoms with E-state index in [1.807, 2.05) is 45.0 Å². The number of aryl methyl sites for hydroxylation is 3. The lowest BCUT2D eigenvalue weighted by Crippen LogP contribution is -2.67. The van der Waals surface area contributed by atoms with Crippen LogP contribution in [0.25, 0.3) is 0 Å². The summed E-state index contributed by atoms with van der Waals surface area (Å²) in [5.74, 6) is 0. The highest BCUT2D eigenvalue weighted by molar-refractivity contribution is 7.89. The highest BCUT2D eigenvalue weighted by Crippen LogP contribution is 2.38. The minimum absolute atomic E-state index is 0.0529. The minimum Gasteiger partial charge on any atom is -0.372 e. The van der Waals surface area contributed by atoms with Crippen LogP contribution in [0.1, 0.15) is 35.4 Å². The van der Waals surface area contributed by atoms with Crippen molar-refractivity contribution in [3.63, 3.8) is 0 Å². The summed E-state index contributed by atoms with van der Waals surface area (Å²) in [4.78, 5) is 4.84. The molecular formula is C22H28N2O4S. The molecule has 2 saturated heterocycles. The molecule has 0 unspecified atom stereocenters. The monoisotopic (exact) mass is 416 g/mol. The molecule has 2 aromatic rings. The van der Waals surface area contributed by atoms with Gasteiger partial charge in [-0.2, -0.15) is 4.31 Å². The van der Waals surface area contributed by atoms with Crippen LogP contribution in [0.3, 0.4) is 0 Å². The molecular weight excluding hydrogens is 388 g/mol. The molecule has 2 aliphatic heterocycles. The molecule has 7 heteroatoms. The average molecular weight is 417 g/mol. The Balaban J connectivity index is 1.38. The lowest BCUT2D eigenvalue weighted by Gasteiger charge is -2.52. The second kappa shape index (κ2) is 7.80. The largest absolute Gasteiger partial charge is 0.372 e. The van der Waals surface area contributed by atoms with Crippen LogP contribution in [-0.4, -0.2) is 49.1 Å². The van der Waals surface area contributed by atoms with Gasteiger partial charge in [-0.3, -0.25) is 4.98 Å². The summed E-state index contributed by atoms with van der Waals surface area (Å²) >= 11 is 0. The van der Waals surface area contributed by atoms with E-state index in [1.165, 1.54) is 4.31 Å². The quantitative estimate of drug-likeness (QED) is 0.749. The first-order valence-corrected chi connectivity index (χ1v) is 11.5. The van der Waals surface area contributed by atoms with Crippen LogP contribution in [0, 0.1) is 20.8 Å². The number of ether oxygens (including phenoxy) is 2. The molecule has 2 aliphatic rings. The summed E-state index contributed by atoms with van der Waals surface area (Å²) in [5.41, 5.74) is 3.35. The Morgan fingerprint density at radius 2 is 1.90 bits per heavy atom. The van der Waals surface area contributed by atoms with Gasteiger partial charge in [0.05, 0.1) is 28.9 Å². The molecule has 156 valence electrons. The molecule has 0 N–H and O–H groups in total. The second-order valence-corrected chi connectivity index (χ2v) is 10.3. The van der Waals surface area contributed by atoms with Crippen LogP contribution in [0.15, 0.2) is 41.3 Å². The molecule has 0 bridgehead atoms. The van der Waals surface area contributed by atoms with Gasteiger partial charge in [0.15, 0.2) is 0 Å². The van der Waals surface area contributed by atoms with Crippen LogP contribution in [0.2, 0.25) is 0 Å². The number of sulfonamides is 1. The van der Waals surface area contributed by atoms with E-state index >= 15 is 0 Å². The predicted octanol–water partition coefficient (Wildman–Crippen LogP) is 3.15. The number of hydrogen-bond donors (Lipinski definition) is 0. The zero-order chi connectivity index (χ0) is 20.6. The van der Waals surface area contributed by atoms with E-state index < -0.39 is 15.6 Å². The molecule has 1 aromatic heterocycles. The van der Waals surface area contributed by atoms with E-state index in [9.17, 15) is 8.42 Å². The van der Waals surface area contributed by atoms with Gasteiger partial charge < -0.3 is 9.47 Å². The first-order chi connectivity index (χ1) is 13.8. The molecule has 1 atom stereocenters. The summed E-state index contributed by atoms with van der Waals surface area (Å²) in [5, 5.41) is 0. The third kappa shape index (κ3) is 4.38. The molecule has 0 radical (unpaired) electrons. The Labute approximate surface area is 172 Å². The third-order valence-electron chi connectivity index (χ3n) is 5.62. The van der Waals surface area contributed by atoms with Crippen LogP contribution in [-0.2, 0) is 26.1 Å². The third-order valence-corrected chi connectivity index (χ3v) is 7.39. The molecule has 1 spiro atoms. The summed E-state index contributed by atoms with van der Waals surface area (Å²) in [7, 11) is -3.50. The van der Waals surface area contributed by atoms with Crippen LogP contribution in [0.4, 0.5) is 0 Å².